The molecular formula is C27H30F2N4O4. The number of para-hydroxylation sites is 2. The Hall–Kier alpha value is -3.50. The monoisotopic (exact) mass is 512 g/mol. The molecule has 4 rings (SSSR count). The third-order valence-corrected chi connectivity index (χ3v) is 6.95. The van der Waals surface area contributed by atoms with Gasteiger partial charge in [0.15, 0.2) is 0 Å². The second-order valence-electron chi connectivity index (χ2n) is 9.61. The number of nitrogens with one attached hydrogen (secondary N) is 2. The number of halogens is 2. The van der Waals surface area contributed by atoms with Crippen molar-refractivity contribution < 1.29 is 28.7 Å². The predicted molar refractivity (Wildman–Crippen MR) is 132 cm³/mol. The zero-order chi connectivity index (χ0) is 26.4. The van der Waals surface area contributed by atoms with Crippen LogP contribution in [-0.4, -0.2) is 50.2 Å². The van der Waals surface area contributed by atoms with Crippen LogP contribution in [0, 0.1) is 11.8 Å². The predicted octanol–water partition coefficient (Wildman–Crippen LogP) is 3.67. The summed E-state index contributed by atoms with van der Waals surface area (Å²) in [4.78, 5) is 34.2. The number of fused-ring (bicyclic) bond motifs is 1. The van der Waals surface area contributed by atoms with Gasteiger partial charge in [0, 0.05) is 18.8 Å². The highest BCUT2D eigenvalue weighted by Crippen LogP contribution is 2.41. The molecule has 8 nitrogen and oxygen atoms in total. The van der Waals surface area contributed by atoms with Crippen LogP contribution in [0.2, 0.25) is 0 Å². The van der Waals surface area contributed by atoms with E-state index in [1.54, 1.807) is 23.7 Å². The Morgan fingerprint density at radius 1 is 1.08 bits per heavy atom. The topological polar surface area (TPSA) is 124 Å². The molecule has 2 aromatic carbocycles. The summed E-state index contributed by atoms with van der Waals surface area (Å²) in [5.74, 6) is -6.07. The molecule has 1 aromatic heterocycles. The zero-order valence-electron chi connectivity index (χ0n) is 20.2. The first kappa shape index (κ1) is 26.6. The van der Waals surface area contributed by atoms with Gasteiger partial charge in [-0.05, 0) is 49.3 Å². The lowest BCUT2D eigenvalue weighted by atomic mass is 9.75. The summed E-state index contributed by atoms with van der Waals surface area (Å²) in [7, 11) is 0. The van der Waals surface area contributed by atoms with Gasteiger partial charge in [0.25, 0.3) is 5.91 Å². The van der Waals surface area contributed by atoms with E-state index >= 15 is 0 Å². The van der Waals surface area contributed by atoms with E-state index in [0.29, 0.717) is 17.5 Å². The highest BCUT2D eigenvalue weighted by atomic mass is 19.3. The summed E-state index contributed by atoms with van der Waals surface area (Å²) in [6, 6.07) is 15.4. The molecule has 3 aromatic rings. The van der Waals surface area contributed by atoms with E-state index in [2.05, 4.69) is 15.3 Å². The molecule has 4 unspecified atom stereocenters. The zero-order valence-corrected chi connectivity index (χ0v) is 20.2. The molecule has 0 spiro atoms. The van der Waals surface area contributed by atoms with Gasteiger partial charge in [0.1, 0.15) is 5.69 Å². The number of alkyl halides is 2. The fourth-order valence-corrected chi connectivity index (χ4v) is 5.04. The van der Waals surface area contributed by atoms with Gasteiger partial charge in [-0.15, -0.1) is 0 Å². The highest BCUT2D eigenvalue weighted by molar-refractivity contribution is 5.94. The molecule has 1 heterocycles. The number of carbonyl (C=O) groups excluding carboxylic acids is 2. The maximum absolute atomic E-state index is 14.1. The number of carbonyl (C=O) groups is 2. The van der Waals surface area contributed by atoms with Crippen LogP contribution in [0.3, 0.4) is 0 Å². The molecular weight excluding hydrogens is 482 g/mol. The Morgan fingerprint density at radius 3 is 2.49 bits per heavy atom. The number of hydroxylamine groups is 1. The van der Waals surface area contributed by atoms with Crippen molar-refractivity contribution in [2.45, 2.75) is 56.6 Å². The number of aliphatic hydroxyl groups excluding tert-OH is 1. The van der Waals surface area contributed by atoms with Crippen LogP contribution >= 0.6 is 0 Å². The van der Waals surface area contributed by atoms with E-state index in [9.17, 15) is 28.7 Å². The van der Waals surface area contributed by atoms with Gasteiger partial charge < -0.3 is 10.4 Å². The second kappa shape index (κ2) is 11.7. The minimum Gasteiger partial charge on any atom is -0.391 e. The van der Waals surface area contributed by atoms with E-state index in [1.165, 1.54) is 6.20 Å². The summed E-state index contributed by atoms with van der Waals surface area (Å²) < 4.78 is 28.2. The fraction of sp³-hybridized carbons (Fsp3) is 0.407. The quantitative estimate of drug-likeness (QED) is 0.256. The molecule has 2 amide bonds. The SMILES string of the molecule is O=C(NC(Cc1ccccc1)C(O)CC(C(=O)NO)C1CCCC(F)(F)C1)c1cnc2ccccc2n1. The molecule has 0 saturated heterocycles. The van der Waals surface area contributed by atoms with E-state index in [4.69, 9.17) is 0 Å². The first-order valence-corrected chi connectivity index (χ1v) is 12.3. The van der Waals surface area contributed by atoms with E-state index < -0.39 is 48.1 Å². The smallest absolute Gasteiger partial charge is 0.271 e. The maximum atomic E-state index is 14.1. The van der Waals surface area contributed by atoms with Gasteiger partial charge in [-0.3, -0.25) is 19.8 Å². The largest absolute Gasteiger partial charge is 0.391 e. The lowest BCUT2D eigenvalue weighted by Crippen LogP contribution is -2.48. The van der Waals surface area contributed by atoms with Crippen LogP contribution in [0.25, 0.3) is 11.0 Å². The fourth-order valence-electron chi connectivity index (χ4n) is 5.04. The summed E-state index contributed by atoms with van der Waals surface area (Å²) >= 11 is 0. The Kier molecular flexibility index (Phi) is 8.40. The Labute approximate surface area is 213 Å². The number of nitrogens with zero attached hydrogens (tertiary/aromatic N) is 2. The van der Waals surface area contributed by atoms with Crippen LogP contribution in [0.5, 0.6) is 0 Å². The van der Waals surface area contributed by atoms with E-state index in [1.807, 2.05) is 36.4 Å². The summed E-state index contributed by atoms with van der Waals surface area (Å²) in [6.07, 6.45) is -0.0431. The van der Waals surface area contributed by atoms with Crippen molar-refractivity contribution in [3.8, 4) is 0 Å². The average Bonchev–Trinajstić information content (AvgIpc) is 2.90. The molecule has 10 heteroatoms. The average molecular weight is 513 g/mol. The maximum Gasteiger partial charge on any atom is 0.271 e. The number of aliphatic hydroxyl groups is 1. The van der Waals surface area contributed by atoms with Crippen LogP contribution in [-0.2, 0) is 11.2 Å². The standard InChI is InChI=1S/C27H30F2N4O4/c28-27(29)12-6-9-18(15-27)19(25(35)33-37)14-24(34)22(13-17-7-2-1-3-8-17)32-26(36)23-16-30-20-10-4-5-11-21(20)31-23/h1-5,7-8,10-11,16,18-19,22,24,34,37H,6,9,12-15H2,(H,32,36)(H,33,35). The minimum atomic E-state index is -2.91. The highest BCUT2D eigenvalue weighted by Gasteiger charge is 2.42. The normalized spacial score (nSPS) is 19.5. The number of rotatable bonds is 9. The van der Waals surface area contributed by atoms with Crippen molar-refractivity contribution >= 4 is 22.8 Å². The van der Waals surface area contributed by atoms with E-state index in [-0.39, 0.29) is 31.4 Å². The summed E-state index contributed by atoms with van der Waals surface area (Å²) in [5.41, 5.74) is 3.61. The molecule has 1 aliphatic carbocycles. The molecule has 1 saturated carbocycles. The third kappa shape index (κ3) is 6.84. The van der Waals surface area contributed by atoms with Crippen LogP contribution in [0.4, 0.5) is 8.78 Å². The lowest BCUT2D eigenvalue weighted by molar-refractivity contribution is -0.140. The number of hydrogen-bond donors (Lipinski definition) is 4. The Balaban J connectivity index is 1.56. The molecule has 0 aliphatic heterocycles. The Bertz CT molecular complexity index is 1230. The number of hydrogen-bond acceptors (Lipinski definition) is 6. The van der Waals surface area contributed by atoms with Gasteiger partial charge in [-0.25, -0.2) is 19.2 Å². The van der Waals surface area contributed by atoms with Gasteiger partial charge in [-0.2, -0.15) is 0 Å². The number of benzene rings is 2. The van der Waals surface area contributed by atoms with Gasteiger partial charge in [0.05, 0.1) is 29.4 Å². The summed E-state index contributed by atoms with van der Waals surface area (Å²) in [5, 5.41) is 23.3. The van der Waals surface area contributed by atoms with Gasteiger partial charge >= 0.3 is 0 Å². The molecule has 1 aliphatic rings. The summed E-state index contributed by atoms with van der Waals surface area (Å²) in [6.45, 7) is 0. The molecule has 37 heavy (non-hydrogen) atoms. The van der Waals surface area contributed by atoms with Crippen molar-refractivity contribution in [1.29, 1.82) is 0 Å². The first-order chi connectivity index (χ1) is 17.8. The minimum absolute atomic E-state index is 0.0561. The van der Waals surface area contributed by atoms with Crippen molar-refractivity contribution in [3.63, 3.8) is 0 Å². The van der Waals surface area contributed by atoms with Gasteiger partial charge in [0.2, 0.25) is 11.8 Å². The number of aromatic nitrogens is 2. The molecule has 4 N–H and O–H groups in total. The third-order valence-electron chi connectivity index (χ3n) is 6.95. The molecule has 4 atom stereocenters. The van der Waals surface area contributed by atoms with Crippen LogP contribution in [0.1, 0.15) is 48.2 Å². The van der Waals surface area contributed by atoms with Crippen molar-refractivity contribution in [3.05, 3.63) is 72.1 Å². The van der Waals surface area contributed by atoms with Crippen LogP contribution in [0.15, 0.2) is 60.8 Å². The number of amides is 2. The molecule has 0 radical (unpaired) electrons. The first-order valence-electron chi connectivity index (χ1n) is 12.3. The van der Waals surface area contributed by atoms with Crippen molar-refractivity contribution in [2.75, 3.05) is 0 Å². The van der Waals surface area contributed by atoms with Crippen LogP contribution < -0.4 is 10.8 Å². The van der Waals surface area contributed by atoms with Crippen molar-refractivity contribution in [1.82, 2.24) is 20.8 Å². The lowest BCUT2D eigenvalue weighted by Gasteiger charge is -2.35. The van der Waals surface area contributed by atoms with E-state index in [0.717, 1.165) is 5.56 Å². The molecule has 1 fully saturated rings. The van der Waals surface area contributed by atoms with Crippen molar-refractivity contribution in [2.24, 2.45) is 11.8 Å². The molecule has 196 valence electrons. The molecule has 0 bridgehead atoms. The van der Waals surface area contributed by atoms with Gasteiger partial charge in [-0.1, -0.05) is 42.5 Å². The second-order valence-corrected chi connectivity index (χ2v) is 9.61. The Morgan fingerprint density at radius 2 is 1.78 bits per heavy atom.